The Morgan fingerprint density at radius 1 is 1.58 bits per heavy atom. The van der Waals surface area contributed by atoms with Crippen molar-refractivity contribution in [2.24, 2.45) is 5.92 Å². The molecular weight excluding hydrogens is 264 g/mol. The van der Waals surface area contributed by atoms with Crippen LogP contribution in [0.3, 0.4) is 0 Å². The van der Waals surface area contributed by atoms with E-state index in [9.17, 15) is 10.1 Å². The first-order valence-corrected chi connectivity index (χ1v) is 6.77. The van der Waals surface area contributed by atoms with Crippen LogP contribution in [0.4, 0.5) is 5.82 Å². The van der Waals surface area contributed by atoms with Crippen molar-refractivity contribution in [2.75, 3.05) is 17.3 Å². The highest BCUT2D eigenvalue weighted by atomic mass is 35.5. The number of amides is 1. The van der Waals surface area contributed by atoms with Crippen molar-refractivity contribution in [1.82, 2.24) is 9.78 Å². The van der Waals surface area contributed by atoms with Crippen molar-refractivity contribution in [3.63, 3.8) is 0 Å². The molecule has 0 spiro atoms. The van der Waals surface area contributed by atoms with Gasteiger partial charge in [0.25, 0.3) is 0 Å². The van der Waals surface area contributed by atoms with Gasteiger partial charge in [-0.05, 0) is 26.7 Å². The summed E-state index contributed by atoms with van der Waals surface area (Å²) in [5, 5.41) is 13.5. The fraction of sp³-hybridized carbons (Fsp3) is 0.615. The highest BCUT2D eigenvalue weighted by Gasteiger charge is 2.35. The Balaban J connectivity index is 2.47. The largest absolute Gasteiger partial charge is 0.296 e. The number of hydrogen-bond acceptors (Lipinski definition) is 3. The molecule has 0 aromatic carbocycles. The number of anilines is 1. The average Bonchev–Trinajstić information content (AvgIpc) is 2.90. The Bertz CT molecular complexity index is 538. The average molecular weight is 281 g/mol. The van der Waals surface area contributed by atoms with Crippen LogP contribution in [0.15, 0.2) is 6.20 Å². The SMILES string of the molecule is CC(C)(C)n1ncc(C#N)c1N1CC(CCl)CC1=O. The van der Waals surface area contributed by atoms with Crippen LogP contribution < -0.4 is 4.90 Å². The van der Waals surface area contributed by atoms with Crippen LogP contribution >= 0.6 is 11.6 Å². The molecule has 1 atom stereocenters. The van der Waals surface area contributed by atoms with Crippen molar-refractivity contribution in [3.8, 4) is 6.07 Å². The molecule has 1 aliphatic heterocycles. The second-order valence-electron chi connectivity index (χ2n) is 5.81. The number of carbonyl (C=O) groups excluding carboxylic acids is 1. The Morgan fingerprint density at radius 2 is 2.26 bits per heavy atom. The minimum atomic E-state index is -0.288. The van der Waals surface area contributed by atoms with Gasteiger partial charge in [0, 0.05) is 18.8 Å². The minimum Gasteiger partial charge on any atom is -0.296 e. The van der Waals surface area contributed by atoms with Gasteiger partial charge in [-0.25, -0.2) is 4.68 Å². The molecule has 1 aromatic rings. The lowest BCUT2D eigenvalue weighted by atomic mass is 10.1. The van der Waals surface area contributed by atoms with Gasteiger partial charge in [0.2, 0.25) is 5.91 Å². The molecular formula is C13H17ClN4O. The van der Waals surface area contributed by atoms with E-state index >= 15 is 0 Å². The van der Waals surface area contributed by atoms with Crippen LogP contribution in [0.5, 0.6) is 0 Å². The first-order chi connectivity index (χ1) is 8.88. The zero-order chi connectivity index (χ0) is 14.2. The predicted molar refractivity (Wildman–Crippen MR) is 73.1 cm³/mol. The maximum atomic E-state index is 12.1. The number of rotatable bonds is 2. The quantitative estimate of drug-likeness (QED) is 0.780. The van der Waals surface area contributed by atoms with Gasteiger partial charge in [-0.1, -0.05) is 0 Å². The molecule has 0 bridgehead atoms. The molecule has 5 nitrogen and oxygen atoms in total. The summed E-state index contributed by atoms with van der Waals surface area (Å²) in [4.78, 5) is 13.7. The highest BCUT2D eigenvalue weighted by molar-refractivity contribution is 6.18. The third-order valence-electron chi connectivity index (χ3n) is 3.18. The maximum Gasteiger partial charge on any atom is 0.228 e. The normalized spacial score (nSPS) is 19.8. The van der Waals surface area contributed by atoms with Gasteiger partial charge in [-0.3, -0.25) is 9.69 Å². The van der Waals surface area contributed by atoms with Gasteiger partial charge in [0.1, 0.15) is 11.6 Å². The van der Waals surface area contributed by atoms with E-state index in [1.807, 2.05) is 20.8 Å². The van der Waals surface area contributed by atoms with E-state index in [1.54, 1.807) is 9.58 Å². The predicted octanol–water partition coefficient (Wildman–Crippen LogP) is 2.10. The number of carbonyl (C=O) groups is 1. The molecule has 1 saturated heterocycles. The molecule has 0 saturated carbocycles. The van der Waals surface area contributed by atoms with E-state index in [0.717, 1.165) is 0 Å². The van der Waals surface area contributed by atoms with E-state index < -0.39 is 0 Å². The zero-order valence-corrected chi connectivity index (χ0v) is 12.1. The van der Waals surface area contributed by atoms with Gasteiger partial charge >= 0.3 is 0 Å². The number of aromatic nitrogens is 2. The summed E-state index contributed by atoms with van der Waals surface area (Å²) in [6.07, 6.45) is 1.95. The lowest BCUT2D eigenvalue weighted by Gasteiger charge is -2.26. The molecule has 1 aromatic heterocycles. The summed E-state index contributed by atoms with van der Waals surface area (Å²) in [5.41, 5.74) is 0.141. The lowest BCUT2D eigenvalue weighted by molar-refractivity contribution is -0.117. The van der Waals surface area contributed by atoms with Crippen LogP contribution in [0, 0.1) is 17.2 Å². The minimum absolute atomic E-state index is 0.00755. The second kappa shape index (κ2) is 4.86. The molecule has 0 N–H and O–H groups in total. The Morgan fingerprint density at radius 3 is 2.74 bits per heavy atom. The maximum absolute atomic E-state index is 12.1. The number of halogens is 1. The van der Waals surface area contributed by atoms with Crippen LogP contribution in [-0.4, -0.2) is 28.1 Å². The van der Waals surface area contributed by atoms with Crippen LogP contribution in [0.2, 0.25) is 0 Å². The van der Waals surface area contributed by atoms with E-state index in [-0.39, 0.29) is 17.4 Å². The lowest BCUT2D eigenvalue weighted by Crippen LogP contribution is -2.33. The first-order valence-electron chi connectivity index (χ1n) is 6.23. The molecule has 6 heteroatoms. The van der Waals surface area contributed by atoms with Gasteiger partial charge in [0.05, 0.1) is 11.7 Å². The summed E-state index contributed by atoms with van der Waals surface area (Å²) in [6, 6.07) is 2.11. The molecule has 1 fully saturated rings. The second-order valence-corrected chi connectivity index (χ2v) is 6.11. The fourth-order valence-corrected chi connectivity index (χ4v) is 2.47. The zero-order valence-electron chi connectivity index (χ0n) is 11.4. The Hall–Kier alpha value is -1.54. The number of hydrogen-bond donors (Lipinski definition) is 0. The van der Waals surface area contributed by atoms with Gasteiger partial charge < -0.3 is 0 Å². The van der Waals surface area contributed by atoms with E-state index in [4.69, 9.17) is 11.6 Å². The Kier molecular flexibility index (Phi) is 3.55. The number of nitrogens with zero attached hydrogens (tertiary/aromatic N) is 4. The van der Waals surface area contributed by atoms with Crippen molar-refractivity contribution in [1.29, 1.82) is 5.26 Å². The molecule has 2 rings (SSSR count). The van der Waals surface area contributed by atoms with Crippen molar-refractivity contribution in [2.45, 2.75) is 32.7 Å². The molecule has 102 valence electrons. The summed E-state index contributed by atoms with van der Waals surface area (Å²) >= 11 is 5.84. The van der Waals surface area contributed by atoms with Gasteiger partial charge in [-0.15, -0.1) is 11.6 Å². The number of alkyl halides is 1. The number of nitriles is 1. The standard InChI is InChI=1S/C13H17ClN4O/c1-13(2,3)18-12(10(6-15)7-16-18)17-8-9(5-14)4-11(17)19/h7,9H,4-5,8H2,1-3H3. The molecule has 2 heterocycles. The van der Waals surface area contributed by atoms with E-state index in [1.165, 1.54) is 6.20 Å². The molecule has 1 unspecified atom stereocenters. The summed E-state index contributed by atoms with van der Waals surface area (Å²) < 4.78 is 1.74. The molecule has 0 aliphatic carbocycles. The Labute approximate surface area is 117 Å². The summed E-state index contributed by atoms with van der Waals surface area (Å²) in [5.74, 6) is 1.19. The third-order valence-corrected chi connectivity index (χ3v) is 3.62. The molecule has 0 radical (unpaired) electrons. The van der Waals surface area contributed by atoms with Crippen molar-refractivity contribution >= 4 is 23.3 Å². The van der Waals surface area contributed by atoms with E-state index in [2.05, 4.69) is 11.2 Å². The third kappa shape index (κ3) is 2.45. The fourth-order valence-electron chi connectivity index (χ4n) is 2.26. The highest BCUT2D eigenvalue weighted by Crippen LogP contribution is 2.31. The molecule has 1 amide bonds. The van der Waals surface area contributed by atoms with Gasteiger partial charge in [-0.2, -0.15) is 10.4 Å². The van der Waals surface area contributed by atoms with Crippen LogP contribution in [-0.2, 0) is 10.3 Å². The molecule has 1 aliphatic rings. The van der Waals surface area contributed by atoms with Gasteiger partial charge in [0.15, 0.2) is 5.82 Å². The topological polar surface area (TPSA) is 61.9 Å². The van der Waals surface area contributed by atoms with E-state index in [0.29, 0.717) is 30.2 Å². The summed E-state index contributed by atoms with van der Waals surface area (Å²) in [7, 11) is 0. The van der Waals surface area contributed by atoms with Crippen molar-refractivity contribution < 1.29 is 4.79 Å². The van der Waals surface area contributed by atoms with Crippen LogP contribution in [0.25, 0.3) is 0 Å². The summed E-state index contributed by atoms with van der Waals surface area (Å²) in [6.45, 7) is 6.53. The van der Waals surface area contributed by atoms with Crippen molar-refractivity contribution in [3.05, 3.63) is 11.8 Å². The smallest absolute Gasteiger partial charge is 0.228 e. The first kappa shape index (κ1) is 13.9. The molecule has 19 heavy (non-hydrogen) atoms. The van der Waals surface area contributed by atoms with Crippen LogP contribution in [0.1, 0.15) is 32.8 Å². The monoisotopic (exact) mass is 280 g/mol.